The largest absolute Gasteiger partial charge is 0.504 e. The van der Waals surface area contributed by atoms with Gasteiger partial charge in [0.05, 0.1) is 21.4 Å². The second kappa shape index (κ2) is 8.44. The van der Waals surface area contributed by atoms with E-state index in [0.717, 1.165) is 24.2 Å². The van der Waals surface area contributed by atoms with Gasteiger partial charge >= 0.3 is 0 Å². The van der Waals surface area contributed by atoms with Gasteiger partial charge in [-0.25, -0.2) is 12.6 Å². The standard InChI is InChI=1S/C16H15Cl2N5O4S3/c17-9-4-3-5-10(12(9)18)19-14-15(22-29(25)21-14)20-11-8-28-16(13(11)24)30(26,27)23-6-1-2-7-23/h3-5,8,24H,1-2,6-7H2,(H,19,21)(H,20,22). The topological polar surface area (TPSA) is 123 Å². The summed E-state index contributed by atoms with van der Waals surface area (Å²) in [5, 5.41) is 18.2. The number of nitrogens with one attached hydrogen (secondary N) is 2. The van der Waals surface area contributed by atoms with Crippen LogP contribution in [0.1, 0.15) is 12.8 Å². The molecule has 1 fully saturated rings. The highest BCUT2D eigenvalue weighted by Crippen LogP contribution is 2.40. The highest BCUT2D eigenvalue weighted by molar-refractivity contribution is 7.91. The van der Waals surface area contributed by atoms with Gasteiger partial charge in [0.1, 0.15) is 0 Å². The molecule has 2 aromatic rings. The molecule has 9 nitrogen and oxygen atoms in total. The summed E-state index contributed by atoms with van der Waals surface area (Å²) in [6, 6.07) is 4.94. The predicted molar refractivity (Wildman–Crippen MR) is 121 cm³/mol. The molecule has 4 rings (SSSR count). The Kier molecular flexibility index (Phi) is 6.06. The number of rotatable bonds is 4. The molecular formula is C16H15Cl2N5O4S3. The van der Waals surface area contributed by atoms with E-state index in [1.165, 1.54) is 9.69 Å². The van der Waals surface area contributed by atoms with Gasteiger partial charge in [0.25, 0.3) is 21.2 Å². The van der Waals surface area contributed by atoms with Crippen molar-refractivity contribution in [1.82, 2.24) is 4.31 Å². The number of benzene rings is 1. The fourth-order valence-corrected chi connectivity index (χ4v) is 6.79. The summed E-state index contributed by atoms with van der Waals surface area (Å²) in [6.45, 7) is 0.852. The molecule has 0 amide bonds. The lowest BCUT2D eigenvalue weighted by molar-refractivity contribution is 0.451. The third kappa shape index (κ3) is 4.07. The molecule has 14 heteroatoms. The van der Waals surface area contributed by atoms with Crippen molar-refractivity contribution in [2.24, 2.45) is 8.80 Å². The van der Waals surface area contributed by atoms with Crippen LogP contribution >= 0.6 is 34.5 Å². The van der Waals surface area contributed by atoms with Crippen LogP contribution in [0, 0.1) is 0 Å². The molecule has 1 saturated heterocycles. The highest BCUT2D eigenvalue weighted by atomic mass is 35.5. The van der Waals surface area contributed by atoms with Crippen LogP contribution in [0.25, 0.3) is 0 Å². The first-order valence-corrected chi connectivity index (χ1v) is 12.8. The lowest BCUT2D eigenvalue weighted by Gasteiger charge is -2.14. The van der Waals surface area contributed by atoms with Crippen molar-refractivity contribution in [3.8, 4) is 5.75 Å². The third-order valence-corrected chi connectivity index (χ3v) is 9.28. The summed E-state index contributed by atoms with van der Waals surface area (Å²) in [6.07, 6.45) is 1.58. The second-order valence-electron chi connectivity index (χ2n) is 6.36. The van der Waals surface area contributed by atoms with Crippen LogP contribution in [0.3, 0.4) is 0 Å². The first kappa shape index (κ1) is 21.5. The Labute approximate surface area is 189 Å². The highest BCUT2D eigenvalue weighted by Gasteiger charge is 2.33. The van der Waals surface area contributed by atoms with Gasteiger partial charge in [-0.2, -0.15) is 4.31 Å². The van der Waals surface area contributed by atoms with E-state index in [1.807, 2.05) is 0 Å². The summed E-state index contributed by atoms with van der Waals surface area (Å²) in [5.41, 5.74) is 0.533. The molecule has 0 radical (unpaired) electrons. The number of hydrogen-bond acceptors (Lipinski definition) is 7. The van der Waals surface area contributed by atoms with E-state index in [2.05, 4.69) is 19.4 Å². The zero-order valence-corrected chi connectivity index (χ0v) is 19.1. The predicted octanol–water partition coefficient (Wildman–Crippen LogP) is 3.46. The number of anilines is 2. The summed E-state index contributed by atoms with van der Waals surface area (Å²) >= 11 is 11.2. The summed E-state index contributed by atoms with van der Waals surface area (Å²) in [5.74, 6) is -0.262. The molecule has 0 aliphatic carbocycles. The molecule has 1 unspecified atom stereocenters. The van der Waals surface area contributed by atoms with Crippen molar-refractivity contribution in [2.45, 2.75) is 17.1 Å². The number of sulfonamides is 1. The van der Waals surface area contributed by atoms with Gasteiger partial charge in [-0.1, -0.05) is 29.3 Å². The van der Waals surface area contributed by atoms with Gasteiger partial charge in [0, 0.05) is 18.5 Å². The number of thiophene rings is 1. The molecule has 2 aliphatic heterocycles. The van der Waals surface area contributed by atoms with Crippen LogP contribution in [-0.4, -0.2) is 46.8 Å². The number of nitrogens with zero attached hydrogens (tertiary/aromatic N) is 3. The van der Waals surface area contributed by atoms with E-state index in [4.69, 9.17) is 23.2 Å². The Hall–Kier alpha value is -1.70. The van der Waals surface area contributed by atoms with Gasteiger partial charge in [-0.15, -0.1) is 20.1 Å². The van der Waals surface area contributed by atoms with Crippen LogP contribution in [0.5, 0.6) is 5.75 Å². The fraction of sp³-hybridized carbons (Fsp3) is 0.250. The third-order valence-electron chi connectivity index (χ3n) is 4.39. The zero-order chi connectivity index (χ0) is 21.5. The minimum Gasteiger partial charge on any atom is -0.504 e. The smallest absolute Gasteiger partial charge is 0.269 e. The fourth-order valence-electron chi connectivity index (χ4n) is 2.93. The normalized spacial score (nSPS) is 19.6. The molecule has 2 aliphatic rings. The van der Waals surface area contributed by atoms with Gasteiger partial charge in [-0.05, 0) is 25.0 Å². The van der Waals surface area contributed by atoms with Crippen LogP contribution in [0.15, 0.2) is 36.6 Å². The number of aromatic hydroxyl groups is 1. The maximum absolute atomic E-state index is 12.7. The molecule has 0 spiro atoms. The maximum atomic E-state index is 12.7. The lowest BCUT2D eigenvalue weighted by Crippen LogP contribution is -2.28. The minimum atomic E-state index is -3.78. The first-order valence-electron chi connectivity index (χ1n) is 8.66. The van der Waals surface area contributed by atoms with Crippen molar-refractivity contribution in [1.29, 1.82) is 0 Å². The van der Waals surface area contributed by atoms with Crippen molar-refractivity contribution in [3.05, 3.63) is 33.6 Å². The van der Waals surface area contributed by atoms with Crippen molar-refractivity contribution in [2.75, 3.05) is 23.7 Å². The maximum Gasteiger partial charge on any atom is 0.269 e. The Morgan fingerprint density at radius 3 is 2.40 bits per heavy atom. The lowest BCUT2D eigenvalue weighted by atomic mass is 10.3. The quantitative estimate of drug-likeness (QED) is 0.581. The molecule has 1 atom stereocenters. The summed E-state index contributed by atoms with van der Waals surface area (Å²) in [7, 11) is -3.78. The number of halogens is 2. The zero-order valence-electron chi connectivity index (χ0n) is 15.1. The second-order valence-corrected chi connectivity index (χ2v) is 11.0. The van der Waals surface area contributed by atoms with Crippen LogP contribution in [0.4, 0.5) is 11.4 Å². The van der Waals surface area contributed by atoms with E-state index in [1.54, 1.807) is 18.2 Å². The summed E-state index contributed by atoms with van der Waals surface area (Å²) in [4.78, 5) is 0. The molecule has 1 aromatic carbocycles. The van der Waals surface area contributed by atoms with Gasteiger partial charge in [-0.3, -0.25) is 0 Å². The molecule has 0 bridgehead atoms. The van der Waals surface area contributed by atoms with Crippen LogP contribution < -0.4 is 10.6 Å². The molecular weight excluding hydrogens is 493 g/mol. The Morgan fingerprint density at radius 2 is 1.73 bits per heavy atom. The van der Waals surface area contributed by atoms with Crippen LogP contribution in [-0.2, 0) is 21.2 Å². The SMILES string of the molecule is O=S1N=C(Nc2csc(S(=O)(=O)N3CCCC3)c2O)C(Nc2cccc(Cl)c2Cl)=N1. The Bertz CT molecular complexity index is 1190. The first-order chi connectivity index (χ1) is 14.3. The Balaban J connectivity index is 1.57. The molecule has 3 N–H and O–H groups in total. The van der Waals surface area contributed by atoms with Gasteiger partial charge in [0.2, 0.25) is 0 Å². The van der Waals surface area contributed by atoms with Gasteiger partial charge < -0.3 is 15.7 Å². The summed E-state index contributed by atoms with van der Waals surface area (Å²) < 4.78 is 46.3. The average molecular weight is 508 g/mol. The average Bonchev–Trinajstić information content (AvgIpc) is 3.42. The van der Waals surface area contributed by atoms with Crippen molar-refractivity contribution >= 4 is 78.8 Å². The molecule has 0 saturated carbocycles. The van der Waals surface area contributed by atoms with Crippen molar-refractivity contribution < 1.29 is 17.7 Å². The minimum absolute atomic E-state index is 0.0580. The van der Waals surface area contributed by atoms with Crippen LogP contribution in [0.2, 0.25) is 10.0 Å². The number of amidine groups is 2. The van der Waals surface area contributed by atoms with E-state index in [9.17, 15) is 17.7 Å². The van der Waals surface area contributed by atoms with E-state index >= 15 is 0 Å². The number of hydrogen-bond donors (Lipinski definition) is 3. The Morgan fingerprint density at radius 1 is 1.10 bits per heavy atom. The van der Waals surface area contributed by atoms with Gasteiger partial charge in [0.15, 0.2) is 21.6 Å². The van der Waals surface area contributed by atoms with Crippen molar-refractivity contribution in [3.63, 3.8) is 0 Å². The monoisotopic (exact) mass is 507 g/mol. The van der Waals surface area contributed by atoms with E-state index in [0.29, 0.717) is 23.8 Å². The molecule has 3 heterocycles. The van der Waals surface area contributed by atoms with E-state index in [-0.39, 0.29) is 26.6 Å². The molecule has 30 heavy (non-hydrogen) atoms. The van der Waals surface area contributed by atoms with E-state index < -0.39 is 26.9 Å². The molecule has 160 valence electrons. The molecule has 1 aromatic heterocycles.